The molecule has 1 aliphatic heterocycles. The van der Waals surface area contributed by atoms with Gasteiger partial charge in [-0.25, -0.2) is 0 Å². The number of para-hydroxylation sites is 2. The van der Waals surface area contributed by atoms with Crippen molar-refractivity contribution in [2.75, 3.05) is 32.2 Å². The molecule has 3 aromatic rings. The number of benzene rings is 3. The number of aliphatic imine (C=N–C) groups is 1. The van der Waals surface area contributed by atoms with Crippen LogP contribution in [0.25, 0.3) is 0 Å². The molecule has 0 bridgehead atoms. The summed E-state index contributed by atoms with van der Waals surface area (Å²) >= 11 is 0. The molecule has 0 fully saturated rings. The molecule has 0 atom stereocenters. The number of rotatable bonds is 8. The van der Waals surface area contributed by atoms with Crippen LogP contribution in [0.4, 0.5) is 11.4 Å². The molecule has 0 spiro atoms. The average molecular weight is 486 g/mol. The Morgan fingerprint density at radius 1 is 0.972 bits per heavy atom. The number of anilines is 1. The predicted molar refractivity (Wildman–Crippen MR) is 142 cm³/mol. The van der Waals surface area contributed by atoms with Gasteiger partial charge in [-0.1, -0.05) is 30.3 Å². The zero-order chi connectivity index (χ0) is 25.7. The summed E-state index contributed by atoms with van der Waals surface area (Å²) in [4.78, 5) is 32.5. The van der Waals surface area contributed by atoms with Crippen molar-refractivity contribution in [1.82, 2.24) is 5.32 Å². The van der Waals surface area contributed by atoms with Gasteiger partial charge in [-0.2, -0.15) is 0 Å². The lowest BCUT2D eigenvalue weighted by Gasteiger charge is -2.22. The number of nitrogens with one attached hydrogen (secondary N) is 1. The Morgan fingerprint density at radius 2 is 1.75 bits per heavy atom. The van der Waals surface area contributed by atoms with Crippen LogP contribution < -0.4 is 19.7 Å². The third-order valence-corrected chi connectivity index (χ3v) is 6.37. The number of ether oxygens (including phenoxy) is 2. The highest BCUT2D eigenvalue weighted by atomic mass is 16.5. The van der Waals surface area contributed by atoms with Crippen LogP contribution in [0.5, 0.6) is 11.5 Å². The fourth-order valence-electron chi connectivity index (χ4n) is 4.19. The van der Waals surface area contributed by atoms with Gasteiger partial charge in [0.05, 0.1) is 37.7 Å². The lowest BCUT2D eigenvalue weighted by Crippen LogP contribution is -2.41. The van der Waals surface area contributed by atoms with Gasteiger partial charge in [0.2, 0.25) is 11.8 Å². The second-order valence-electron chi connectivity index (χ2n) is 8.79. The Labute approximate surface area is 211 Å². The molecule has 36 heavy (non-hydrogen) atoms. The van der Waals surface area contributed by atoms with Crippen LogP contribution in [0, 0.1) is 13.8 Å². The number of hydrogen-bond donors (Lipinski definition) is 1. The molecular formula is C29H31N3O4. The monoisotopic (exact) mass is 485 g/mol. The van der Waals surface area contributed by atoms with Gasteiger partial charge < -0.3 is 19.7 Å². The zero-order valence-corrected chi connectivity index (χ0v) is 21.1. The average Bonchev–Trinajstić information content (AvgIpc) is 3.02. The molecule has 1 heterocycles. The van der Waals surface area contributed by atoms with Crippen LogP contribution in [-0.4, -0.2) is 44.8 Å². The Kier molecular flexibility index (Phi) is 7.68. The maximum absolute atomic E-state index is 13.3. The second kappa shape index (κ2) is 11.1. The van der Waals surface area contributed by atoms with E-state index in [-0.39, 0.29) is 24.8 Å². The number of carbonyl (C=O) groups excluding carboxylic acids is 2. The molecule has 0 aliphatic carbocycles. The summed E-state index contributed by atoms with van der Waals surface area (Å²) in [5.41, 5.74) is 6.27. The fraction of sp³-hybridized carbons (Fsp3) is 0.276. The zero-order valence-electron chi connectivity index (χ0n) is 21.1. The summed E-state index contributed by atoms with van der Waals surface area (Å²) in [6, 6.07) is 19.2. The third kappa shape index (κ3) is 5.57. The first kappa shape index (κ1) is 25.0. The summed E-state index contributed by atoms with van der Waals surface area (Å²) in [7, 11) is 3.18. The molecule has 0 radical (unpaired) electrons. The Balaban J connectivity index is 1.45. The SMILES string of the molecule is COc1ccc(CCNC(=O)CN2C(=O)CC(c3ccc(C)c(C)c3)=Nc3ccccc32)cc1OC. The minimum Gasteiger partial charge on any atom is -0.493 e. The van der Waals surface area contributed by atoms with E-state index in [1.807, 2.05) is 61.5 Å². The van der Waals surface area contributed by atoms with Crippen LogP contribution >= 0.6 is 0 Å². The first-order valence-corrected chi connectivity index (χ1v) is 11.9. The summed E-state index contributed by atoms with van der Waals surface area (Å²) in [5.74, 6) is 0.916. The van der Waals surface area contributed by atoms with Crippen molar-refractivity contribution in [2.24, 2.45) is 4.99 Å². The molecule has 0 saturated carbocycles. The molecule has 1 N–H and O–H groups in total. The van der Waals surface area contributed by atoms with E-state index >= 15 is 0 Å². The van der Waals surface area contributed by atoms with E-state index in [0.29, 0.717) is 41.6 Å². The van der Waals surface area contributed by atoms with Crippen LogP contribution in [0.3, 0.4) is 0 Å². The normalized spacial score (nSPS) is 12.9. The number of aryl methyl sites for hydroxylation is 2. The van der Waals surface area contributed by atoms with Gasteiger partial charge in [0.1, 0.15) is 6.54 Å². The van der Waals surface area contributed by atoms with Crippen molar-refractivity contribution in [2.45, 2.75) is 26.7 Å². The van der Waals surface area contributed by atoms with Gasteiger partial charge in [-0.15, -0.1) is 0 Å². The molecule has 3 aromatic carbocycles. The van der Waals surface area contributed by atoms with Crippen molar-refractivity contribution in [1.29, 1.82) is 0 Å². The Hall–Kier alpha value is -4.13. The van der Waals surface area contributed by atoms with Crippen LogP contribution in [0.2, 0.25) is 0 Å². The van der Waals surface area contributed by atoms with E-state index in [9.17, 15) is 9.59 Å². The molecule has 7 nitrogen and oxygen atoms in total. The number of carbonyl (C=O) groups is 2. The topological polar surface area (TPSA) is 80.2 Å². The van der Waals surface area contributed by atoms with E-state index in [2.05, 4.69) is 18.3 Å². The van der Waals surface area contributed by atoms with Crippen molar-refractivity contribution in [3.63, 3.8) is 0 Å². The minimum absolute atomic E-state index is 0.0719. The van der Waals surface area contributed by atoms with E-state index in [4.69, 9.17) is 14.5 Å². The summed E-state index contributed by atoms with van der Waals surface area (Å²) in [5, 5.41) is 2.93. The van der Waals surface area contributed by atoms with Gasteiger partial charge in [-0.3, -0.25) is 14.6 Å². The maximum Gasteiger partial charge on any atom is 0.240 e. The van der Waals surface area contributed by atoms with Crippen LogP contribution in [0.1, 0.15) is 28.7 Å². The molecule has 0 aromatic heterocycles. The lowest BCUT2D eigenvalue weighted by atomic mass is 10.0. The number of methoxy groups -OCH3 is 2. The second-order valence-corrected chi connectivity index (χ2v) is 8.79. The molecule has 0 unspecified atom stereocenters. The first-order valence-electron chi connectivity index (χ1n) is 11.9. The quantitative estimate of drug-likeness (QED) is 0.508. The first-order chi connectivity index (χ1) is 17.4. The minimum atomic E-state index is -0.228. The van der Waals surface area contributed by atoms with Crippen LogP contribution in [-0.2, 0) is 16.0 Å². The summed E-state index contributed by atoms with van der Waals surface area (Å²) in [6.07, 6.45) is 0.743. The third-order valence-electron chi connectivity index (χ3n) is 6.37. The highest BCUT2D eigenvalue weighted by molar-refractivity contribution is 6.18. The van der Waals surface area contributed by atoms with Crippen molar-refractivity contribution in [3.8, 4) is 11.5 Å². The number of nitrogens with zero attached hydrogens (tertiary/aromatic N) is 2. The Morgan fingerprint density at radius 3 is 2.50 bits per heavy atom. The number of amides is 2. The largest absolute Gasteiger partial charge is 0.493 e. The fourth-order valence-corrected chi connectivity index (χ4v) is 4.19. The van der Waals surface area contributed by atoms with E-state index in [0.717, 1.165) is 16.7 Å². The van der Waals surface area contributed by atoms with E-state index in [1.54, 1.807) is 14.2 Å². The smallest absolute Gasteiger partial charge is 0.240 e. The molecule has 1 aliphatic rings. The van der Waals surface area contributed by atoms with Crippen molar-refractivity contribution >= 4 is 28.9 Å². The highest BCUT2D eigenvalue weighted by Crippen LogP contribution is 2.33. The summed E-state index contributed by atoms with van der Waals surface area (Å²) in [6.45, 7) is 4.46. The van der Waals surface area contributed by atoms with Gasteiger partial charge in [0.15, 0.2) is 11.5 Å². The maximum atomic E-state index is 13.3. The van der Waals surface area contributed by atoms with E-state index < -0.39 is 0 Å². The van der Waals surface area contributed by atoms with Gasteiger partial charge in [-0.05, 0) is 72.9 Å². The summed E-state index contributed by atoms with van der Waals surface area (Å²) < 4.78 is 10.6. The molecule has 186 valence electrons. The predicted octanol–water partition coefficient (Wildman–Crippen LogP) is 4.54. The lowest BCUT2D eigenvalue weighted by molar-refractivity contribution is -0.123. The van der Waals surface area contributed by atoms with Gasteiger partial charge in [0, 0.05) is 6.54 Å². The molecule has 0 saturated heterocycles. The molecule has 2 amide bonds. The standard InChI is InChI=1S/C29H31N3O4/c1-19-9-11-22(15-20(19)2)24-17-29(34)32(25-8-6-5-7-23(25)31-24)18-28(33)30-14-13-21-10-12-26(35-3)27(16-21)36-4/h5-12,15-16H,13-14,17-18H2,1-4H3,(H,30,33). The molecule has 7 heteroatoms. The number of fused-ring (bicyclic) bond motifs is 1. The highest BCUT2D eigenvalue weighted by Gasteiger charge is 2.26. The number of hydrogen-bond acceptors (Lipinski definition) is 5. The van der Waals surface area contributed by atoms with Gasteiger partial charge >= 0.3 is 0 Å². The van der Waals surface area contributed by atoms with Crippen molar-refractivity contribution < 1.29 is 19.1 Å². The van der Waals surface area contributed by atoms with E-state index in [1.165, 1.54) is 10.5 Å². The molecular weight excluding hydrogens is 454 g/mol. The van der Waals surface area contributed by atoms with Gasteiger partial charge in [0.25, 0.3) is 0 Å². The Bertz CT molecular complexity index is 1320. The van der Waals surface area contributed by atoms with Crippen molar-refractivity contribution in [3.05, 3.63) is 82.9 Å². The van der Waals surface area contributed by atoms with Crippen LogP contribution in [0.15, 0.2) is 65.7 Å². The molecule has 4 rings (SSSR count).